The monoisotopic (exact) mass is 345 g/mol. The Balaban J connectivity index is 1.74. The number of hydrogen-bond donors (Lipinski definition) is 0. The van der Waals surface area contributed by atoms with E-state index < -0.39 is 18.1 Å². The van der Waals surface area contributed by atoms with Crippen LogP contribution >= 0.6 is 0 Å². The minimum atomic E-state index is -2.90. The second-order valence-electron chi connectivity index (χ2n) is 4.86. The molecule has 0 saturated heterocycles. The van der Waals surface area contributed by atoms with E-state index in [2.05, 4.69) is 21.1 Å². The van der Waals surface area contributed by atoms with Crippen molar-refractivity contribution >= 4 is 0 Å². The van der Waals surface area contributed by atoms with Gasteiger partial charge in [0.05, 0.1) is 5.56 Å². The van der Waals surface area contributed by atoms with Crippen LogP contribution in [0.4, 0.5) is 13.2 Å². The van der Waals surface area contributed by atoms with E-state index in [1.54, 1.807) is 24.3 Å². The molecule has 5 nitrogen and oxygen atoms in total. The molecule has 0 aliphatic carbocycles. The zero-order valence-electron chi connectivity index (χ0n) is 12.6. The van der Waals surface area contributed by atoms with Crippen molar-refractivity contribution in [3.8, 4) is 29.5 Å². The van der Waals surface area contributed by atoms with Crippen molar-refractivity contribution in [2.24, 2.45) is 0 Å². The highest BCUT2D eigenvalue weighted by Gasteiger charge is 2.18. The van der Waals surface area contributed by atoms with Crippen LogP contribution in [0, 0.1) is 18.2 Å². The van der Waals surface area contributed by atoms with Crippen molar-refractivity contribution in [1.29, 1.82) is 0 Å². The van der Waals surface area contributed by atoms with E-state index in [0.29, 0.717) is 11.3 Å². The van der Waals surface area contributed by atoms with Gasteiger partial charge in [-0.1, -0.05) is 12.0 Å². The van der Waals surface area contributed by atoms with E-state index in [1.807, 2.05) is 0 Å². The van der Waals surface area contributed by atoms with Gasteiger partial charge >= 0.3 is 6.43 Å². The first-order chi connectivity index (χ1) is 12.1. The second kappa shape index (κ2) is 7.05. The quantitative estimate of drug-likeness (QED) is 0.659. The van der Waals surface area contributed by atoms with E-state index in [1.165, 1.54) is 6.20 Å². The van der Waals surface area contributed by atoms with Crippen LogP contribution in [-0.2, 0) is 6.61 Å². The zero-order valence-corrected chi connectivity index (χ0v) is 12.6. The Hall–Kier alpha value is -3.34. The van der Waals surface area contributed by atoms with E-state index >= 15 is 0 Å². The molecule has 0 aliphatic rings. The molecule has 0 fully saturated rings. The predicted molar refractivity (Wildman–Crippen MR) is 81.2 cm³/mol. The van der Waals surface area contributed by atoms with Gasteiger partial charge in [0, 0.05) is 11.8 Å². The molecular formula is C17H10F3N3O2. The van der Waals surface area contributed by atoms with Gasteiger partial charge in [-0.05, 0) is 24.3 Å². The van der Waals surface area contributed by atoms with Crippen molar-refractivity contribution in [2.45, 2.75) is 13.0 Å². The fourth-order valence-electron chi connectivity index (χ4n) is 1.96. The van der Waals surface area contributed by atoms with Crippen LogP contribution in [-0.4, -0.2) is 15.2 Å². The topological polar surface area (TPSA) is 61.0 Å². The number of terminal acetylenes is 1. The molecule has 0 saturated carbocycles. The van der Waals surface area contributed by atoms with Crippen molar-refractivity contribution in [2.75, 3.05) is 0 Å². The molecule has 0 radical (unpaired) electrons. The highest BCUT2D eigenvalue weighted by atomic mass is 19.3. The number of rotatable bonds is 5. The Bertz CT molecular complexity index is 935. The summed E-state index contributed by atoms with van der Waals surface area (Å²) in [5, 5.41) is 6.62. The van der Waals surface area contributed by atoms with E-state index in [9.17, 15) is 13.2 Å². The maximum atomic E-state index is 14.1. The molecule has 0 N–H and O–H groups in total. The SMILES string of the molecule is C#Cc1cccc(OCc2ncc(-c3nnc(C(F)F)o3)cc2F)c1. The summed E-state index contributed by atoms with van der Waals surface area (Å²) in [4.78, 5) is 3.91. The van der Waals surface area contributed by atoms with Gasteiger partial charge < -0.3 is 9.15 Å². The van der Waals surface area contributed by atoms with Crippen molar-refractivity contribution in [3.05, 3.63) is 59.5 Å². The fraction of sp³-hybridized carbons (Fsp3) is 0.118. The Morgan fingerprint density at radius 3 is 2.76 bits per heavy atom. The third-order valence-corrected chi connectivity index (χ3v) is 3.17. The van der Waals surface area contributed by atoms with Gasteiger partial charge in [0.2, 0.25) is 5.89 Å². The van der Waals surface area contributed by atoms with Gasteiger partial charge in [-0.15, -0.1) is 16.6 Å². The van der Waals surface area contributed by atoms with Crippen molar-refractivity contribution in [1.82, 2.24) is 15.2 Å². The lowest BCUT2D eigenvalue weighted by Gasteiger charge is -2.07. The Kier molecular flexibility index (Phi) is 4.66. The average Bonchev–Trinajstić information content (AvgIpc) is 3.11. The number of nitrogens with zero attached hydrogens (tertiary/aromatic N) is 3. The summed E-state index contributed by atoms with van der Waals surface area (Å²) in [7, 11) is 0. The van der Waals surface area contributed by atoms with Gasteiger partial charge in [0.1, 0.15) is 23.9 Å². The molecule has 3 aromatic rings. The number of benzene rings is 1. The summed E-state index contributed by atoms with van der Waals surface area (Å²) in [6.07, 6.45) is 3.64. The maximum absolute atomic E-state index is 14.1. The number of aromatic nitrogens is 3. The Morgan fingerprint density at radius 2 is 2.08 bits per heavy atom. The lowest BCUT2D eigenvalue weighted by atomic mass is 10.2. The van der Waals surface area contributed by atoms with Gasteiger partial charge in [-0.3, -0.25) is 4.98 Å². The molecule has 0 unspecified atom stereocenters. The molecule has 0 spiro atoms. The summed E-state index contributed by atoms with van der Waals surface area (Å²) in [5.41, 5.74) is 0.756. The molecular weight excluding hydrogens is 335 g/mol. The van der Waals surface area contributed by atoms with Crippen LogP contribution in [0.15, 0.2) is 40.9 Å². The molecule has 126 valence electrons. The third kappa shape index (κ3) is 3.77. The standard InChI is InChI=1S/C17H10F3N3O2/c1-2-10-4-3-5-12(6-10)24-9-14-13(18)7-11(8-21-14)16-22-23-17(25-16)15(19)20/h1,3-8,15H,9H2. The van der Waals surface area contributed by atoms with Crippen LogP contribution in [0.25, 0.3) is 11.5 Å². The van der Waals surface area contributed by atoms with Gasteiger partial charge in [0.15, 0.2) is 0 Å². The molecule has 3 rings (SSSR count). The molecule has 0 atom stereocenters. The first kappa shape index (κ1) is 16.5. The van der Waals surface area contributed by atoms with E-state index in [-0.39, 0.29) is 23.8 Å². The smallest absolute Gasteiger partial charge is 0.314 e. The molecule has 0 aliphatic heterocycles. The molecule has 8 heteroatoms. The number of alkyl halides is 2. The summed E-state index contributed by atoms with van der Waals surface area (Å²) < 4.78 is 49.2. The Morgan fingerprint density at radius 1 is 1.24 bits per heavy atom. The van der Waals surface area contributed by atoms with Crippen LogP contribution < -0.4 is 4.74 Å². The van der Waals surface area contributed by atoms with Crippen LogP contribution in [0.5, 0.6) is 5.75 Å². The first-order valence-electron chi connectivity index (χ1n) is 7.02. The minimum Gasteiger partial charge on any atom is -0.487 e. The van der Waals surface area contributed by atoms with Gasteiger partial charge in [-0.25, -0.2) is 4.39 Å². The summed E-state index contributed by atoms with van der Waals surface area (Å²) in [6, 6.07) is 7.83. The molecule has 0 amide bonds. The van der Waals surface area contributed by atoms with E-state index in [0.717, 1.165) is 6.07 Å². The third-order valence-electron chi connectivity index (χ3n) is 3.17. The molecule has 2 aromatic heterocycles. The predicted octanol–water partition coefficient (Wildman–Crippen LogP) is 3.77. The van der Waals surface area contributed by atoms with Gasteiger partial charge in [0.25, 0.3) is 5.89 Å². The summed E-state index contributed by atoms with van der Waals surface area (Å²) in [6.45, 7) is -0.133. The Labute approximate surface area is 140 Å². The van der Waals surface area contributed by atoms with Crippen LogP contribution in [0.2, 0.25) is 0 Å². The average molecular weight is 345 g/mol. The largest absolute Gasteiger partial charge is 0.487 e. The lowest BCUT2D eigenvalue weighted by Crippen LogP contribution is -2.02. The van der Waals surface area contributed by atoms with E-state index in [4.69, 9.17) is 15.6 Å². The molecule has 0 bridgehead atoms. The fourth-order valence-corrected chi connectivity index (χ4v) is 1.96. The highest BCUT2D eigenvalue weighted by Crippen LogP contribution is 2.24. The highest BCUT2D eigenvalue weighted by molar-refractivity contribution is 5.51. The van der Waals surface area contributed by atoms with Crippen molar-refractivity contribution in [3.63, 3.8) is 0 Å². The maximum Gasteiger partial charge on any atom is 0.314 e. The van der Waals surface area contributed by atoms with Gasteiger partial charge in [-0.2, -0.15) is 8.78 Å². The number of pyridine rings is 1. The first-order valence-corrected chi connectivity index (χ1v) is 7.02. The number of hydrogen-bond acceptors (Lipinski definition) is 5. The number of ether oxygens (including phenoxy) is 1. The normalized spacial score (nSPS) is 10.7. The summed E-state index contributed by atoms with van der Waals surface area (Å²) >= 11 is 0. The lowest BCUT2D eigenvalue weighted by molar-refractivity contribution is 0.116. The van der Waals surface area contributed by atoms with Crippen LogP contribution in [0.3, 0.4) is 0 Å². The number of halogens is 3. The minimum absolute atomic E-state index is 0.0310. The molecule has 2 heterocycles. The zero-order chi connectivity index (χ0) is 17.8. The van der Waals surface area contributed by atoms with Crippen molar-refractivity contribution < 1.29 is 22.3 Å². The summed E-state index contributed by atoms with van der Waals surface area (Å²) in [5.74, 6) is 1.17. The molecule has 25 heavy (non-hydrogen) atoms. The second-order valence-corrected chi connectivity index (χ2v) is 4.86. The van der Waals surface area contributed by atoms with Crippen LogP contribution in [0.1, 0.15) is 23.6 Å². The molecule has 1 aromatic carbocycles.